The Morgan fingerprint density at radius 2 is 1.89 bits per heavy atom. The molecule has 7 heteroatoms. The summed E-state index contributed by atoms with van der Waals surface area (Å²) in [6, 6.07) is 5.50. The predicted molar refractivity (Wildman–Crippen MR) is 110 cm³/mol. The molecule has 0 bridgehead atoms. The fourth-order valence-electron chi connectivity index (χ4n) is 4.61. The van der Waals surface area contributed by atoms with E-state index < -0.39 is 14.6 Å². The van der Waals surface area contributed by atoms with Crippen LogP contribution in [0.15, 0.2) is 23.1 Å². The minimum absolute atomic E-state index is 0. The van der Waals surface area contributed by atoms with Crippen molar-refractivity contribution in [1.82, 2.24) is 4.90 Å². The van der Waals surface area contributed by atoms with Gasteiger partial charge in [-0.15, -0.1) is 12.4 Å². The number of hydrogen-bond donors (Lipinski definition) is 1. The van der Waals surface area contributed by atoms with Gasteiger partial charge in [-0.05, 0) is 69.7 Å². The SMILES string of the molecule is Cc1ccc(C)c(S(=O)(=O)C2(C(=O)N3CC(CN)CC3C)CCCC2)c1.Cl. The first kappa shape index (κ1) is 22.2. The zero-order valence-electron chi connectivity index (χ0n) is 16.4. The van der Waals surface area contributed by atoms with Crippen molar-refractivity contribution in [3.8, 4) is 0 Å². The average molecular weight is 415 g/mol. The first-order valence-corrected chi connectivity index (χ1v) is 11.0. The Kier molecular flexibility index (Phi) is 6.65. The van der Waals surface area contributed by atoms with Gasteiger partial charge in [-0.2, -0.15) is 0 Å². The van der Waals surface area contributed by atoms with Gasteiger partial charge in [0.25, 0.3) is 0 Å². The average Bonchev–Trinajstić information content (AvgIpc) is 3.24. The molecule has 152 valence electrons. The summed E-state index contributed by atoms with van der Waals surface area (Å²) < 4.78 is 26.1. The Morgan fingerprint density at radius 3 is 2.44 bits per heavy atom. The molecule has 2 fully saturated rings. The second-order valence-corrected chi connectivity index (χ2v) is 10.3. The van der Waals surface area contributed by atoms with Gasteiger partial charge >= 0.3 is 0 Å². The van der Waals surface area contributed by atoms with E-state index in [0.29, 0.717) is 36.4 Å². The normalized spacial score (nSPS) is 24.7. The second-order valence-electron chi connectivity index (χ2n) is 8.12. The highest BCUT2D eigenvalue weighted by Gasteiger charge is 2.56. The van der Waals surface area contributed by atoms with E-state index in [0.717, 1.165) is 24.8 Å². The van der Waals surface area contributed by atoms with E-state index in [4.69, 9.17) is 5.73 Å². The van der Waals surface area contributed by atoms with Gasteiger partial charge in [-0.3, -0.25) is 4.79 Å². The highest BCUT2D eigenvalue weighted by atomic mass is 35.5. The molecule has 0 spiro atoms. The van der Waals surface area contributed by atoms with Crippen molar-refractivity contribution in [3.63, 3.8) is 0 Å². The molecule has 2 atom stereocenters. The molecule has 1 saturated heterocycles. The molecule has 0 radical (unpaired) electrons. The van der Waals surface area contributed by atoms with Gasteiger partial charge in [0, 0.05) is 12.6 Å². The van der Waals surface area contributed by atoms with Crippen molar-refractivity contribution in [2.75, 3.05) is 13.1 Å². The smallest absolute Gasteiger partial charge is 0.244 e. The highest BCUT2D eigenvalue weighted by Crippen LogP contribution is 2.44. The van der Waals surface area contributed by atoms with Gasteiger partial charge in [0.05, 0.1) is 4.90 Å². The number of rotatable bonds is 4. The molecule has 1 heterocycles. The van der Waals surface area contributed by atoms with Gasteiger partial charge in [-0.25, -0.2) is 8.42 Å². The molecule has 5 nitrogen and oxygen atoms in total. The molecule has 0 aromatic heterocycles. The van der Waals surface area contributed by atoms with E-state index in [1.807, 2.05) is 32.9 Å². The van der Waals surface area contributed by atoms with Crippen molar-refractivity contribution >= 4 is 28.2 Å². The number of likely N-dealkylation sites (tertiary alicyclic amines) is 1. The molecule has 1 saturated carbocycles. The number of benzene rings is 1. The lowest BCUT2D eigenvalue weighted by Gasteiger charge is -2.34. The minimum Gasteiger partial charge on any atom is -0.338 e. The van der Waals surface area contributed by atoms with Gasteiger partial charge in [0.2, 0.25) is 5.91 Å². The van der Waals surface area contributed by atoms with Crippen LogP contribution in [0.1, 0.15) is 50.2 Å². The van der Waals surface area contributed by atoms with E-state index in [2.05, 4.69) is 0 Å². The second kappa shape index (κ2) is 8.10. The number of amides is 1. The molecule has 1 aliphatic heterocycles. The summed E-state index contributed by atoms with van der Waals surface area (Å²) in [5, 5.41) is 0. The summed E-state index contributed by atoms with van der Waals surface area (Å²) in [4.78, 5) is 15.7. The van der Waals surface area contributed by atoms with Crippen LogP contribution in [0.5, 0.6) is 0 Å². The van der Waals surface area contributed by atoms with Gasteiger partial charge in [0.15, 0.2) is 14.6 Å². The van der Waals surface area contributed by atoms with E-state index in [1.165, 1.54) is 0 Å². The molecular weight excluding hydrogens is 384 g/mol. The molecular formula is C20H31ClN2O3S. The molecule has 27 heavy (non-hydrogen) atoms. The maximum atomic E-state index is 13.7. The fraction of sp³-hybridized carbons (Fsp3) is 0.650. The monoisotopic (exact) mass is 414 g/mol. The van der Waals surface area contributed by atoms with Crippen molar-refractivity contribution in [1.29, 1.82) is 0 Å². The molecule has 2 unspecified atom stereocenters. The number of aryl methyl sites for hydroxylation is 2. The predicted octanol–water partition coefficient (Wildman–Crippen LogP) is 3.01. The molecule has 1 aromatic rings. The topological polar surface area (TPSA) is 80.5 Å². The number of carbonyl (C=O) groups excluding carboxylic acids is 1. The first-order chi connectivity index (χ1) is 12.2. The lowest BCUT2D eigenvalue weighted by molar-refractivity contribution is -0.134. The van der Waals surface area contributed by atoms with Crippen LogP contribution in [-0.4, -0.2) is 43.1 Å². The van der Waals surface area contributed by atoms with Crippen LogP contribution in [0, 0.1) is 19.8 Å². The molecule has 1 amide bonds. The Labute approximate surface area is 169 Å². The fourth-order valence-corrected chi connectivity index (χ4v) is 7.04. The van der Waals surface area contributed by atoms with E-state index >= 15 is 0 Å². The van der Waals surface area contributed by atoms with Crippen molar-refractivity contribution < 1.29 is 13.2 Å². The van der Waals surface area contributed by atoms with Crippen LogP contribution < -0.4 is 5.73 Å². The van der Waals surface area contributed by atoms with E-state index in [9.17, 15) is 13.2 Å². The number of carbonyl (C=O) groups is 1. The quantitative estimate of drug-likeness (QED) is 0.821. The van der Waals surface area contributed by atoms with Gasteiger partial charge < -0.3 is 10.6 Å². The number of sulfone groups is 1. The first-order valence-electron chi connectivity index (χ1n) is 9.56. The number of hydrogen-bond acceptors (Lipinski definition) is 4. The van der Waals surface area contributed by atoms with Crippen LogP contribution in [0.2, 0.25) is 0 Å². The molecule has 1 aliphatic carbocycles. The summed E-state index contributed by atoms with van der Waals surface area (Å²) >= 11 is 0. The lowest BCUT2D eigenvalue weighted by atomic mass is 10.0. The highest BCUT2D eigenvalue weighted by molar-refractivity contribution is 7.93. The summed E-state index contributed by atoms with van der Waals surface area (Å²) in [6.45, 7) is 6.80. The third-order valence-corrected chi connectivity index (χ3v) is 8.83. The third kappa shape index (κ3) is 3.64. The van der Waals surface area contributed by atoms with Crippen molar-refractivity contribution in [2.45, 2.75) is 68.6 Å². The van der Waals surface area contributed by atoms with Crippen LogP contribution >= 0.6 is 12.4 Å². The van der Waals surface area contributed by atoms with E-state index in [-0.39, 0.29) is 30.3 Å². The number of nitrogens with two attached hydrogens (primary N) is 1. The Hall–Kier alpha value is -1.11. The van der Waals surface area contributed by atoms with Gasteiger partial charge in [0.1, 0.15) is 0 Å². The maximum Gasteiger partial charge on any atom is 0.244 e. The van der Waals surface area contributed by atoms with Crippen molar-refractivity contribution in [2.24, 2.45) is 11.7 Å². The number of halogens is 1. The largest absolute Gasteiger partial charge is 0.338 e. The van der Waals surface area contributed by atoms with Crippen LogP contribution in [0.3, 0.4) is 0 Å². The summed E-state index contributed by atoms with van der Waals surface area (Å²) in [6.07, 6.45) is 3.23. The summed E-state index contributed by atoms with van der Waals surface area (Å²) in [5.74, 6) is 0.0511. The zero-order valence-corrected chi connectivity index (χ0v) is 18.0. The molecule has 1 aromatic carbocycles. The van der Waals surface area contributed by atoms with E-state index in [1.54, 1.807) is 11.0 Å². The Bertz CT molecular complexity index is 803. The molecule has 2 N–H and O–H groups in total. The summed E-state index contributed by atoms with van der Waals surface area (Å²) in [5.41, 5.74) is 7.41. The molecule has 3 rings (SSSR count). The summed E-state index contributed by atoms with van der Waals surface area (Å²) in [7, 11) is -3.76. The lowest BCUT2D eigenvalue weighted by Crippen LogP contribution is -2.53. The van der Waals surface area contributed by atoms with Crippen molar-refractivity contribution in [3.05, 3.63) is 29.3 Å². The Balaban J connectivity index is 0.00000261. The Morgan fingerprint density at radius 1 is 1.26 bits per heavy atom. The third-order valence-electron chi connectivity index (χ3n) is 6.20. The van der Waals surface area contributed by atoms with Gasteiger partial charge in [-0.1, -0.05) is 25.0 Å². The maximum absolute atomic E-state index is 13.7. The van der Waals surface area contributed by atoms with Crippen LogP contribution in [-0.2, 0) is 14.6 Å². The van der Waals surface area contributed by atoms with Crippen LogP contribution in [0.25, 0.3) is 0 Å². The van der Waals surface area contributed by atoms with Crippen LogP contribution in [0.4, 0.5) is 0 Å². The zero-order chi connectivity index (χ0) is 19.1. The molecule has 2 aliphatic rings. The minimum atomic E-state index is -3.76. The number of nitrogens with zero attached hydrogens (tertiary/aromatic N) is 1. The standard InChI is InChI=1S/C20H30N2O3S.ClH/c1-14-6-7-15(2)18(10-14)26(24,25)20(8-4-5-9-20)19(23)22-13-17(12-21)11-16(22)3;/h6-7,10,16-17H,4-5,8-9,11-13,21H2,1-3H3;1H.